The molecule has 0 atom stereocenters. The van der Waals surface area contributed by atoms with Gasteiger partial charge in [0.25, 0.3) is 0 Å². The number of nitrogens with one attached hydrogen (secondary N) is 2. The highest BCUT2D eigenvalue weighted by Gasteiger charge is 2.12. The summed E-state index contributed by atoms with van der Waals surface area (Å²) < 4.78 is 5.65. The van der Waals surface area contributed by atoms with E-state index in [0.717, 1.165) is 21.9 Å². The molecule has 0 aliphatic heterocycles. The lowest BCUT2D eigenvalue weighted by atomic mass is 10.2. The zero-order valence-electron chi connectivity index (χ0n) is 16.8. The molecule has 0 spiro atoms. The van der Waals surface area contributed by atoms with Gasteiger partial charge in [0.15, 0.2) is 0 Å². The minimum Gasteiger partial charge on any atom is -0.493 e. The van der Waals surface area contributed by atoms with Gasteiger partial charge in [-0.1, -0.05) is 12.1 Å². The largest absolute Gasteiger partial charge is 0.493 e. The molecule has 0 radical (unpaired) electrons. The maximum atomic E-state index is 12.2. The van der Waals surface area contributed by atoms with E-state index < -0.39 is 0 Å². The summed E-state index contributed by atoms with van der Waals surface area (Å²) in [6.45, 7) is 3.24. The summed E-state index contributed by atoms with van der Waals surface area (Å²) in [5.41, 5.74) is 2.59. The molecule has 0 aliphatic carbocycles. The van der Waals surface area contributed by atoms with Crippen molar-refractivity contribution in [3.8, 4) is 16.3 Å². The van der Waals surface area contributed by atoms with Crippen LogP contribution in [0.3, 0.4) is 0 Å². The van der Waals surface area contributed by atoms with Crippen LogP contribution in [0.1, 0.15) is 24.6 Å². The standard InChI is InChI=1S/C22H24N4O3S/c1-2-29-19-6-4-3-5-18(19)22-26-17(15-30-22)13-21(28)24-12-9-20(27)25-14-16-7-10-23-11-8-16/h3-8,10-11,15H,2,9,12-14H2,1H3,(H,24,28)(H,25,27). The SMILES string of the molecule is CCOc1ccccc1-c1nc(CC(=O)NCCC(=O)NCc2ccncc2)cs1. The van der Waals surface area contributed by atoms with E-state index in [4.69, 9.17) is 4.74 Å². The van der Waals surface area contributed by atoms with Gasteiger partial charge < -0.3 is 15.4 Å². The third-order valence-electron chi connectivity index (χ3n) is 4.22. The molecule has 8 heteroatoms. The minimum absolute atomic E-state index is 0.115. The Morgan fingerprint density at radius 2 is 1.87 bits per heavy atom. The molecule has 2 heterocycles. The Labute approximate surface area is 179 Å². The Balaban J connectivity index is 1.43. The average Bonchev–Trinajstić information content (AvgIpc) is 3.22. The zero-order valence-corrected chi connectivity index (χ0v) is 17.6. The third kappa shape index (κ3) is 6.38. The van der Waals surface area contributed by atoms with Gasteiger partial charge in [-0.15, -0.1) is 11.3 Å². The number of pyridine rings is 1. The van der Waals surface area contributed by atoms with E-state index in [2.05, 4.69) is 20.6 Å². The number of thiazole rings is 1. The summed E-state index contributed by atoms with van der Waals surface area (Å²) in [7, 11) is 0. The van der Waals surface area contributed by atoms with Gasteiger partial charge in [0.1, 0.15) is 10.8 Å². The number of para-hydroxylation sites is 1. The third-order valence-corrected chi connectivity index (χ3v) is 5.15. The molecule has 2 amide bonds. The zero-order chi connectivity index (χ0) is 21.2. The summed E-state index contributed by atoms with van der Waals surface area (Å²) in [6, 6.07) is 11.4. The van der Waals surface area contributed by atoms with E-state index in [9.17, 15) is 9.59 Å². The number of aromatic nitrogens is 2. The number of ether oxygens (including phenoxy) is 1. The highest BCUT2D eigenvalue weighted by atomic mass is 32.1. The molecule has 3 rings (SSSR count). The second-order valence-electron chi connectivity index (χ2n) is 6.48. The van der Waals surface area contributed by atoms with Crippen molar-refractivity contribution < 1.29 is 14.3 Å². The van der Waals surface area contributed by atoms with Crippen LogP contribution in [0, 0.1) is 0 Å². The molecule has 1 aromatic carbocycles. The van der Waals surface area contributed by atoms with Crippen LogP contribution in [-0.4, -0.2) is 34.9 Å². The van der Waals surface area contributed by atoms with Gasteiger partial charge in [-0.3, -0.25) is 14.6 Å². The number of rotatable bonds is 10. The second-order valence-corrected chi connectivity index (χ2v) is 7.34. The number of carbonyl (C=O) groups is 2. The average molecular weight is 425 g/mol. The molecule has 7 nitrogen and oxygen atoms in total. The molecule has 0 bridgehead atoms. The lowest BCUT2D eigenvalue weighted by Gasteiger charge is -2.07. The van der Waals surface area contributed by atoms with Crippen molar-refractivity contribution in [3.63, 3.8) is 0 Å². The molecule has 3 aromatic rings. The Morgan fingerprint density at radius 1 is 1.07 bits per heavy atom. The van der Waals surface area contributed by atoms with Crippen molar-refractivity contribution in [3.05, 3.63) is 65.4 Å². The first-order chi connectivity index (χ1) is 14.7. The van der Waals surface area contributed by atoms with Gasteiger partial charge in [0.2, 0.25) is 11.8 Å². The van der Waals surface area contributed by atoms with Crippen LogP contribution in [0.25, 0.3) is 10.6 Å². The van der Waals surface area contributed by atoms with Crippen LogP contribution in [0.15, 0.2) is 54.2 Å². The predicted molar refractivity (Wildman–Crippen MR) is 116 cm³/mol. The maximum absolute atomic E-state index is 12.2. The number of amides is 2. The van der Waals surface area contributed by atoms with Crippen molar-refractivity contribution in [1.29, 1.82) is 0 Å². The maximum Gasteiger partial charge on any atom is 0.226 e. The number of hydrogen-bond donors (Lipinski definition) is 2. The molecule has 2 aromatic heterocycles. The first-order valence-electron chi connectivity index (χ1n) is 9.74. The van der Waals surface area contributed by atoms with Crippen LogP contribution < -0.4 is 15.4 Å². The number of hydrogen-bond acceptors (Lipinski definition) is 6. The summed E-state index contributed by atoms with van der Waals surface area (Å²) in [5, 5.41) is 8.28. The molecule has 0 aliphatic rings. The van der Waals surface area contributed by atoms with Gasteiger partial charge in [-0.05, 0) is 36.8 Å². The summed E-state index contributed by atoms with van der Waals surface area (Å²) >= 11 is 1.48. The van der Waals surface area contributed by atoms with E-state index in [1.54, 1.807) is 12.4 Å². The topological polar surface area (TPSA) is 93.2 Å². The molecular formula is C22H24N4O3S. The van der Waals surface area contributed by atoms with Crippen molar-refractivity contribution >= 4 is 23.2 Å². The predicted octanol–water partition coefficient (Wildman–Crippen LogP) is 2.97. The highest BCUT2D eigenvalue weighted by molar-refractivity contribution is 7.13. The molecule has 0 unspecified atom stereocenters. The summed E-state index contributed by atoms with van der Waals surface area (Å²) in [5.74, 6) is 0.505. The van der Waals surface area contributed by atoms with Crippen LogP contribution >= 0.6 is 11.3 Å². The van der Waals surface area contributed by atoms with Gasteiger partial charge in [-0.2, -0.15) is 0 Å². The van der Waals surface area contributed by atoms with Crippen molar-refractivity contribution in [2.45, 2.75) is 26.3 Å². The van der Waals surface area contributed by atoms with Crippen molar-refractivity contribution in [2.24, 2.45) is 0 Å². The lowest BCUT2D eigenvalue weighted by Crippen LogP contribution is -2.31. The number of benzene rings is 1. The van der Waals surface area contributed by atoms with Crippen LogP contribution in [-0.2, 0) is 22.6 Å². The van der Waals surface area contributed by atoms with Crippen LogP contribution in [0.2, 0.25) is 0 Å². The second kappa shape index (κ2) is 11.1. The Morgan fingerprint density at radius 3 is 2.67 bits per heavy atom. The van der Waals surface area contributed by atoms with Crippen molar-refractivity contribution in [1.82, 2.24) is 20.6 Å². The van der Waals surface area contributed by atoms with Crippen LogP contribution in [0.4, 0.5) is 0 Å². The monoisotopic (exact) mass is 424 g/mol. The number of nitrogens with zero attached hydrogens (tertiary/aromatic N) is 2. The molecular weight excluding hydrogens is 400 g/mol. The fourth-order valence-corrected chi connectivity index (χ4v) is 3.62. The van der Waals surface area contributed by atoms with E-state index in [0.29, 0.717) is 18.8 Å². The fourth-order valence-electron chi connectivity index (χ4n) is 2.77. The van der Waals surface area contributed by atoms with E-state index in [-0.39, 0.29) is 31.2 Å². The van der Waals surface area contributed by atoms with E-state index in [1.807, 2.05) is 48.7 Å². The van der Waals surface area contributed by atoms with E-state index >= 15 is 0 Å². The normalized spacial score (nSPS) is 10.4. The van der Waals surface area contributed by atoms with Crippen LogP contribution in [0.5, 0.6) is 5.75 Å². The Hall–Kier alpha value is -3.26. The van der Waals surface area contributed by atoms with Gasteiger partial charge in [-0.25, -0.2) is 4.98 Å². The summed E-state index contributed by atoms with van der Waals surface area (Å²) in [4.78, 5) is 32.6. The fraction of sp³-hybridized carbons (Fsp3) is 0.273. The molecule has 2 N–H and O–H groups in total. The van der Waals surface area contributed by atoms with Gasteiger partial charge in [0, 0.05) is 37.3 Å². The smallest absolute Gasteiger partial charge is 0.226 e. The first kappa shape index (κ1) is 21.4. The molecule has 0 fully saturated rings. The van der Waals surface area contributed by atoms with E-state index in [1.165, 1.54) is 11.3 Å². The number of carbonyl (C=O) groups excluding carboxylic acids is 2. The van der Waals surface area contributed by atoms with Gasteiger partial charge >= 0.3 is 0 Å². The molecule has 0 saturated carbocycles. The molecule has 30 heavy (non-hydrogen) atoms. The first-order valence-corrected chi connectivity index (χ1v) is 10.6. The summed E-state index contributed by atoms with van der Waals surface area (Å²) in [6.07, 6.45) is 3.76. The quantitative estimate of drug-likeness (QED) is 0.522. The highest BCUT2D eigenvalue weighted by Crippen LogP contribution is 2.32. The minimum atomic E-state index is -0.160. The molecule has 156 valence electrons. The Bertz CT molecular complexity index is 975. The molecule has 0 saturated heterocycles. The van der Waals surface area contributed by atoms with Crippen molar-refractivity contribution in [2.75, 3.05) is 13.2 Å². The van der Waals surface area contributed by atoms with Gasteiger partial charge in [0.05, 0.1) is 24.3 Å². The lowest BCUT2D eigenvalue weighted by molar-refractivity contribution is -0.122. The Kier molecular flexibility index (Phi) is 7.91.